The van der Waals surface area contributed by atoms with Crippen LogP contribution in [0.2, 0.25) is 0 Å². The molecule has 0 spiro atoms. The van der Waals surface area contributed by atoms with Crippen molar-refractivity contribution in [3.63, 3.8) is 0 Å². The summed E-state index contributed by atoms with van der Waals surface area (Å²) < 4.78 is 80.1. The average molecular weight is 511 g/mol. The first-order valence-electron chi connectivity index (χ1n) is 10.6. The number of amides is 1. The van der Waals surface area contributed by atoms with Gasteiger partial charge >= 0.3 is 6.18 Å². The molecule has 1 fully saturated rings. The molecule has 6 nitrogen and oxygen atoms in total. The van der Waals surface area contributed by atoms with E-state index in [2.05, 4.69) is 5.32 Å². The standard InChI is InChI=1S/C24H22F4N2O4S/c1-14-17(22(31)29-15-7-8-20(19(25)11-15)35(2,33)34)12-30(13-23(32)9-10-23)21(14)16-5-3-4-6-18(16)24(26,27)28/h3-8,11-12,32H,9-10,13H2,1-2H3,(H,29,31). The Balaban J connectivity index is 1.76. The summed E-state index contributed by atoms with van der Waals surface area (Å²) in [5.74, 6) is -1.77. The number of nitrogens with one attached hydrogen (secondary N) is 1. The molecule has 0 aliphatic heterocycles. The van der Waals surface area contributed by atoms with Gasteiger partial charge in [0.2, 0.25) is 0 Å². The maximum absolute atomic E-state index is 14.2. The van der Waals surface area contributed by atoms with Gasteiger partial charge in [0.05, 0.1) is 29.0 Å². The summed E-state index contributed by atoms with van der Waals surface area (Å²) >= 11 is 0. The lowest BCUT2D eigenvalue weighted by Gasteiger charge is -2.18. The monoisotopic (exact) mass is 510 g/mol. The topological polar surface area (TPSA) is 88.4 Å². The molecular weight excluding hydrogens is 488 g/mol. The van der Waals surface area contributed by atoms with Gasteiger partial charge < -0.3 is 15.0 Å². The third kappa shape index (κ3) is 5.10. The molecular formula is C24H22F4N2O4S. The molecule has 35 heavy (non-hydrogen) atoms. The van der Waals surface area contributed by atoms with Crippen LogP contribution in [0.3, 0.4) is 0 Å². The molecule has 2 aromatic carbocycles. The minimum Gasteiger partial charge on any atom is -0.388 e. The lowest BCUT2D eigenvalue weighted by atomic mass is 9.99. The Bertz CT molecular complexity index is 1420. The Kier molecular flexibility index (Phi) is 6.05. The number of carbonyl (C=O) groups excluding carboxylic acids is 1. The van der Waals surface area contributed by atoms with Crippen molar-refractivity contribution >= 4 is 21.4 Å². The number of hydrogen-bond donors (Lipinski definition) is 2. The van der Waals surface area contributed by atoms with E-state index in [0.717, 1.165) is 24.5 Å². The van der Waals surface area contributed by atoms with Crippen LogP contribution in [0.5, 0.6) is 0 Å². The highest BCUT2D eigenvalue weighted by molar-refractivity contribution is 7.90. The van der Waals surface area contributed by atoms with Gasteiger partial charge in [0.15, 0.2) is 9.84 Å². The number of anilines is 1. The summed E-state index contributed by atoms with van der Waals surface area (Å²) in [5, 5.41) is 12.9. The van der Waals surface area contributed by atoms with Crippen LogP contribution < -0.4 is 5.32 Å². The van der Waals surface area contributed by atoms with E-state index in [1.54, 1.807) is 0 Å². The van der Waals surface area contributed by atoms with Gasteiger partial charge in [-0.25, -0.2) is 12.8 Å². The summed E-state index contributed by atoms with van der Waals surface area (Å²) in [7, 11) is -3.80. The number of halogens is 4. The largest absolute Gasteiger partial charge is 0.417 e. The molecule has 1 aliphatic carbocycles. The van der Waals surface area contributed by atoms with Crippen LogP contribution in [-0.4, -0.2) is 35.9 Å². The van der Waals surface area contributed by atoms with Crippen LogP contribution in [-0.2, 0) is 22.6 Å². The van der Waals surface area contributed by atoms with Crippen LogP contribution >= 0.6 is 0 Å². The van der Waals surface area contributed by atoms with E-state index in [-0.39, 0.29) is 34.6 Å². The van der Waals surface area contributed by atoms with Crippen molar-refractivity contribution in [1.82, 2.24) is 4.57 Å². The summed E-state index contributed by atoms with van der Waals surface area (Å²) in [6.45, 7) is 1.50. The first-order chi connectivity index (χ1) is 16.2. The molecule has 0 atom stereocenters. The molecule has 0 saturated heterocycles. The maximum Gasteiger partial charge on any atom is 0.417 e. The van der Waals surface area contributed by atoms with E-state index < -0.39 is 43.8 Å². The number of benzene rings is 2. The van der Waals surface area contributed by atoms with Crippen molar-refractivity contribution in [2.45, 2.75) is 43.0 Å². The van der Waals surface area contributed by atoms with Crippen molar-refractivity contribution in [3.8, 4) is 11.3 Å². The first kappa shape index (κ1) is 24.9. The van der Waals surface area contributed by atoms with Gasteiger partial charge in [0.25, 0.3) is 5.91 Å². The fraction of sp³-hybridized carbons (Fsp3) is 0.292. The maximum atomic E-state index is 14.2. The summed E-state index contributed by atoms with van der Waals surface area (Å²) in [5.41, 5.74) is -1.68. The minimum atomic E-state index is -4.64. The number of aliphatic hydroxyl groups is 1. The number of carbonyl (C=O) groups is 1. The molecule has 3 aromatic rings. The van der Waals surface area contributed by atoms with Crippen molar-refractivity contribution in [2.24, 2.45) is 0 Å². The van der Waals surface area contributed by atoms with Gasteiger partial charge in [-0.2, -0.15) is 13.2 Å². The molecule has 1 aliphatic rings. The van der Waals surface area contributed by atoms with Gasteiger partial charge in [0.1, 0.15) is 10.7 Å². The Labute approximate surface area is 199 Å². The zero-order valence-corrected chi connectivity index (χ0v) is 19.6. The van der Waals surface area contributed by atoms with Crippen molar-refractivity contribution in [3.05, 3.63) is 71.2 Å². The second-order valence-electron chi connectivity index (χ2n) is 8.78. The average Bonchev–Trinajstić information content (AvgIpc) is 3.37. The smallest absolute Gasteiger partial charge is 0.388 e. The lowest BCUT2D eigenvalue weighted by molar-refractivity contribution is -0.137. The van der Waals surface area contributed by atoms with Crippen molar-refractivity contribution in [1.29, 1.82) is 0 Å². The van der Waals surface area contributed by atoms with Crippen LogP contribution in [0, 0.1) is 12.7 Å². The zero-order chi connectivity index (χ0) is 25.8. The van der Waals surface area contributed by atoms with Gasteiger partial charge in [0, 0.05) is 23.7 Å². The summed E-state index contributed by atoms with van der Waals surface area (Å²) in [4.78, 5) is 12.5. The third-order valence-corrected chi connectivity index (χ3v) is 7.07. The van der Waals surface area contributed by atoms with Crippen molar-refractivity contribution < 1.29 is 35.9 Å². The molecule has 11 heteroatoms. The molecule has 1 heterocycles. The predicted molar refractivity (Wildman–Crippen MR) is 121 cm³/mol. The summed E-state index contributed by atoms with van der Waals surface area (Å²) in [6, 6.07) is 8.07. The fourth-order valence-corrected chi connectivity index (χ4v) is 4.73. The molecule has 0 radical (unpaired) electrons. The van der Waals surface area contributed by atoms with Gasteiger partial charge in [-0.15, -0.1) is 0 Å². The second-order valence-corrected chi connectivity index (χ2v) is 10.8. The Hall–Kier alpha value is -3.18. The fourth-order valence-electron chi connectivity index (χ4n) is 4.00. The quantitative estimate of drug-likeness (QED) is 0.467. The van der Waals surface area contributed by atoms with Gasteiger partial charge in [-0.3, -0.25) is 4.79 Å². The Morgan fingerprint density at radius 1 is 1.17 bits per heavy atom. The van der Waals surface area contributed by atoms with E-state index in [1.807, 2.05) is 0 Å². The van der Waals surface area contributed by atoms with Crippen LogP contribution in [0.1, 0.15) is 34.3 Å². The van der Waals surface area contributed by atoms with Crippen LogP contribution in [0.15, 0.2) is 53.6 Å². The SMILES string of the molecule is Cc1c(C(=O)Nc2ccc(S(C)(=O)=O)c(F)c2)cn(CC2(O)CC2)c1-c1ccccc1C(F)(F)F. The predicted octanol–water partition coefficient (Wildman–Crippen LogP) is 4.80. The Morgan fingerprint density at radius 3 is 2.40 bits per heavy atom. The molecule has 1 aromatic heterocycles. The van der Waals surface area contributed by atoms with E-state index in [0.29, 0.717) is 12.8 Å². The molecule has 2 N–H and O–H groups in total. The number of nitrogens with zero attached hydrogens (tertiary/aromatic N) is 1. The highest BCUT2D eigenvalue weighted by atomic mass is 32.2. The molecule has 4 rings (SSSR count). The molecule has 1 amide bonds. The number of aromatic nitrogens is 1. The number of rotatable bonds is 6. The van der Waals surface area contributed by atoms with E-state index >= 15 is 0 Å². The second kappa shape index (κ2) is 8.49. The van der Waals surface area contributed by atoms with Crippen molar-refractivity contribution in [2.75, 3.05) is 11.6 Å². The van der Waals surface area contributed by atoms with E-state index in [9.17, 15) is 35.9 Å². The van der Waals surface area contributed by atoms with Gasteiger partial charge in [-0.05, 0) is 49.6 Å². The molecule has 0 unspecified atom stereocenters. The lowest BCUT2D eigenvalue weighted by Crippen LogP contribution is -2.18. The van der Waals surface area contributed by atoms with Crippen LogP contribution in [0.25, 0.3) is 11.3 Å². The number of alkyl halides is 3. The highest BCUT2D eigenvalue weighted by Crippen LogP contribution is 2.42. The number of hydrogen-bond acceptors (Lipinski definition) is 4. The van der Waals surface area contributed by atoms with E-state index in [4.69, 9.17) is 0 Å². The normalized spacial score (nSPS) is 15.2. The third-order valence-electron chi connectivity index (χ3n) is 5.94. The minimum absolute atomic E-state index is 0.000327. The number of sulfone groups is 1. The Morgan fingerprint density at radius 2 is 1.83 bits per heavy atom. The zero-order valence-electron chi connectivity index (χ0n) is 18.8. The summed E-state index contributed by atoms with van der Waals surface area (Å²) in [6.07, 6.45) is -1.46. The highest BCUT2D eigenvalue weighted by Gasteiger charge is 2.42. The van der Waals surface area contributed by atoms with Crippen LogP contribution in [0.4, 0.5) is 23.2 Å². The molecule has 0 bridgehead atoms. The van der Waals surface area contributed by atoms with E-state index in [1.165, 1.54) is 42.0 Å². The van der Waals surface area contributed by atoms with Gasteiger partial charge in [-0.1, -0.05) is 18.2 Å². The first-order valence-corrected chi connectivity index (χ1v) is 12.5. The molecule has 186 valence electrons. The molecule has 1 saturated carbocycles.